The fourth-order valence-corrected chi connectivity index (χ4v) is 2.62. The number of hydrogen-bond donors (Lipinski definition) is 2. The van der Waals surface area contributed by atoms with Crippen LogP contribution in [0.1, 0.15) is 12.0 Å². The largest absolute Gasteiger partial charge is 0.491 e. The predicted octanol–water partition coefficient (Wildman–Crippen LogP) is 1.10. The van der Waals surface area contributed by atoms with E-state index in [0.29, 0.717) is 13.0 Å². The summed E-state index contributed by atoms with van der Waals surface area (Å²) < 4.78 is 31.7. The van der Waals surface area contributed by atoms with Gasteiger partial charge in [0.1, 0.15) is 12.4 Å². The molecule has 1 aromatic carbocycles. The van der Waals surface area contributed by atoms with Crippen LogP contribution in [0.15, 0.2) is 24.3 Å². The van der Waals surface area contributed by atoms with E-state index < -0.39 is 24.9 Å². The van der Waals surface area contributed by atoms with Gasteiger partial charge in [0.05, 0.1) is 18.6 Å². The minimum absolute atomic E-state index is 0.173. The molecule has 2 aliphatic heterocycles. The van der Waals surface area contributed by atoms with Crippen LogP contribution in [0.25, 0.3) is 0 Å². The van der Waals surface area contributed by atoms with Gasteiger partial charge in [-0.2, -0.15) is 0 Å². The summed E-state index contributed by atoms with van der Waals surface area (Å²) >= 11 is 0. The number of nitrogens with one attached hydrogen (secondary N) is 2. The predicted molar refractivity (Wildman–Crippen MR) is 68.9 cm³/mol. The number of carbonyl (C=O) groups is 1. The van der Waals surface area contributed by atoms with Gasteiger partial charge in [-0.1, -0.05) is 18.2 Å². The van der Waals surface area contributed by atoms with Gasteiger partial charge in [0, 0.05) is 6.42 Å². The molecular weight excluding hydrogens is 266 g/mol. The molecule has 2 N–H and O–H groups in total. The molecule has 1 aromatic rings. The van der Waals surface area contributed by atoms with Crippen LogP contribution in [0.2, 0.25) is 0 Å². The highest BCUT2D eigenvalue weighted by molar-refractivity contribution is 5.82. The Morgan fingerprint density at radius 2 is 2.20 bits per heavy atom. The van der Waals surface area contributed by atoms with Crippen LogP contribution in [0.4, 0.5) is 8.78 Å². The SMILES string of the molecule is O=C(NC1COc2ccccc2C1)C1CC(F)(F)CN1. The number of para-hydroxylation sites is 1. The van der Waals surface area contributed by atoms with Crippen LogP contribution in [0.3, 0.4) is 0 Å². The molecule has 4 nitrogen and oxygen atoms in total. The smallest absolute Gasteiger partial charge is 0.262 e. The average molecular weight is 282 g/mol. The Kier molecular flexibility index (Phi) is 3.33. The maximum Gasteiger partial charge on any atom is 0.262 e. The molecule has 0 radical (unpaired) electrons. The summed E-state index contributed by atoms with van der Waals surface area (Å²) in [6, 6.07) is 6.63. The molecule has 2 atom stereocenters. The highest BCUT2D eigenvalue weighted by Gasteiger charge is 2.42. The fraction of sp³-hybridized carbons (Fsp3) is 0.500. The minimum Gasteiger partial charge on any atom is -0.491 e. The zero-order valence-electron chi connectivity index (χ0n) is 10.9. The number of carbonyl (C=O) groups excluding carboxylic acids is 1. The molecule has 108 valence electrons. The summed E-state index contributed by atoms with van der Waals surface area (Å²) in [5.74, 6) is -2.35. The van der Waals surface area contributed by atoms with Gasteiger partial charge in [0.25, 0.3) is 5.92 Å². The van der Waals surface area contributed by atoms with Gasteiger partial charge in [-0.25, -0.2) is 8.78 Å². The number of hydrogen-bond acceptors (Lipinski definition) is 3. The minimum atomic E-state index is -2.79. The second-order valence-corrected chi connectivity index (χ2v) is 5.32. The third-order valence-electron chi connectivity index (χ3n) is 3.65. The molecule has 1 fully saturated rings. The van der Waals surface area contributed by atoms with Gasteiger partial charge in [-0.05, 0) is 18.1 Å². The van der Waals surface area contributed by atoms with E-state index in [1.807, 2.05) is 24.3 Å². The Hall–Kier alpha value is -1.69. The highest BCUT2D eigenvalue weighted by atomic mass is 19.3. The maximum absolute atomic E-state index is 13.1. The first-order chi connectivity index (χ1) is 9.53. The number of ether oxygens (including phenoxy) is 1. The summed E-state index contributed by atoms with van der Waals surface area (Å²) in [6.45, 7) is -0.0685. The Labute approximate surface area is 115 Å². The number of alkyl halides is 2. The molecular formula is C14H16F2N2O2. The van der Waals surface area contributed by atoms with Crippen molar-refractivity contribution >= 4 is 5.91 Å². The molecule has 6 heteroatoms. The molecule has 2 aliphatic rings. The number of rotatable bonds is 2. The van der Waals surface area contributed by atoms with Crippen LogP contribution >= 0.6 is 0 Å². The lowest BCUT2D eigenvalue weighted by Gasteiger charge is -2.27. The van der Waals surface area contributed by atoms with Crippen LogP contribution < -0.4 is 15.4 Å². The summed E-state index contributed by atoms with van der Waals surface area (Å²) in [6.07, 6.45) is 0.216. The van der Waals surface area contributed by atoms with Gasteiger partial charge < -0.3 is 10.1 Å². The molecule has 0 aromatic heterocycles. The molecule has 2 unspecified atom stereocenters. The van der Waals surface area contributed by atoms with E-state index in [1.165, 1.54) is 0 Å². The molecule has 1 amide bonds. The monoisotopic (exact) mass is 282 g/mol. The van der Waals surface area contributed by atoms with Gasteiger partial charge >= 0.3 is 0 Å². The van der Waals surface area contributed by atoms with Crippen molar-refractivity contribution in [3.63, 3.8) is 0 Å². The Morgan fingerprint density at radius 1 is 1.40 bits per heavy atom. The van der Waals surface area contributed by atoms with Crippen molar-refractivity contribution in [1.29, 1.82) is 0 Å². The molecule has 3 rings (SSSR count). The highest BCUT2D eigenvalue weighted by Crippen LogP contribution is 2.26. The van der Waals surface area contributed by atoms with E-state index in [0.717, 1.165) is 11.3 Å². The Balaban J connectivity index is 1.59. The quantitative estimate of drug-likeness (QED) is 0.854. The summed E-state index contributed by atoms with van der Waals surface area (Å²) in [5, 5.41) is 5.33. The first kappa shape index (κ1) is 13.3. The van der Waals surface area contributed by atoms with E-state index >= 15 is 0 Å². The lowest BCUT2D eigenvalue weighted by Crippen LogP contribution is -2.49. The molecule has 0 saturated carbocycles. The zero-order valence-corrected chi connectivity index (χ0v) is 10.9. The molecule has 0 bridgehead atoms. The van der Waals surface area contributed by atoms with Gasteiger partial charge in [-0.15, -0.1) is 0 Å². The summed E-state index contributed by atoms with van der Waals surface area (Å²) in [4.78, 5) is 12.0. The molecule has 1 saturated heterocycles. The van der Waals surface area contributed by atoms with E-state index in [2.05, 4.69) is 10.6 Å². The van der Waals surface area contributed by atoms with Crippen molar-refractivity contribution in [2.75, 3.05) is 13.2 Å². The number of amides is 1. The maximum atomic E-state index is 13.1. The second-order valence-electron chi connectivity index (χ2n) is 5.32. The van der Waals surface area contributed by atoms with E-state index in [4.69, 9.17) is 4.74 Å². The van der Waals surface area contributed by atoms with Gasteiger partial charge in [0.15, 0.2) is 0 Å². The number of halogens is 2. The van der Waals surface area contributed by atoms with Crippen molar-refractivity contribution < 1.29 is 18.3 Å². The van der Waals surface area contributed by atoms with Crippen LogP contribution in [-0.4, -0.2) is 37.1 Å². The van der Waals surface area contributed by atoms with Crippen molar-refractivity contribution in [1.82, 2.24) is 10.6 Å². The Bertz CT molecular complexity index is 522. The van der Waals surface area contributed by atoms with Crippen LogP contribution in [0, 0.1) is 0 Å². The number of fused-ring (bicyclic) bond motifs is 1. The molecule has 2 heterocycles. The zero-order chi connectivity index (χ0) is 14.2. The standard InChI is InChI=1S/C14H16F2N2O2/c15-14(16)6-11(17-8-14)13(19)18-10-5-9-3-1-2-4-12(9)20-7-10/h1-4,10-11,17H,5-8H2,(H,18,19). The fourth-order valence-electron chi connectivity index (χ4n) is 2.62. The average Bonchev–Trinajstić information content (AvgIpc) is 2.79. The van der Waals surface area contributed by atoms with Crippen LogP contribution in [0.5, 0.6) is 5.75 Å². The number of benzene rings is 1. The summed E-state index contributed by atoms with van der Waals surface area (Å²) in [7, 11) is 0. The lowest BCUT2D eigenvalue weighted by molar-refractivity contribution is -0.124. The van der Waals surface area contributed by atoms with Crippen molar-refractivity contribution in [3.05, 3.63) is 29.8 Å². The molecule has 0 aliphatic carbocycles. The first-order valence-corrected chi connectivity index (χ1v) is 6.66. The molecule has 0 spiro atoms. The second kappa shape index (κ2) is 5.01. The first-order valence-electron chi connectivity index (χ1n) is 6.66. The topological polar surface area (TPSA) is 50.4 Å². The molecule has 20 heavy (non-hydrogen) atoms. The van der Waals surface area contributed by atoms with Crippen molar-refractivity contribution in [3.8, 4) is 5.75 Å². The van der Waals surface area contributed by atoms with Crippen LogP contribution in [-0.2, 0) is 11.2 Å². The van der Waals surface area contributed by atoms with Crippen molar-refractivity contribution in [2.45, 2.75) is 30.8 Å². The van der Waals surface area contributed by atoms with Crippen molar-refractivity contribution in [2.24, 2.45) is 0 Å². The summed E-state index contributed by atoms with van der Waals surface area (Å²) in [5.41, 5.74) is 1.02. The normalized spacial score (nSPS) is 27.5. The van der Waals surface area contributed by atoms with E-state index in [-0.39, 0.29) is 11.9 Å². The van der Waals surface area contributed by atoms with E-state index in [1.54, 1.807) is 0 Å². The third kappa shape index (κ3) is 2.75. The van der Waals surface area contributed by atoms with Gasteiger partial charge in [0.2, 0.25) is 5.91 Å². The Morgan fingerprint density at radius 3 is 2.95 bits per heavy atom. The third-order valence-corrected chi connectivity index (χ3v) is 3.65. The van der Waals surface area contributed by atoms with Gasteiger partial charge in [-0.3, -0.25) is 10.1 Å². The van der Waals surface area contributed by atoms with E-state index in [9.17, 15) is 13.6 Å². The lowest BCUT2D eigenvalue weighted by atomic mass is 10.0.